The molecule has 28 heavy (non-hydrogen) atoms. The van der Waals surface area contributed by atoms with Gasteiger partial charge in [-0.25, -0.2) is 8.42 Å². The van der Waals surface area contributed by atoms with Crippen LogP contribution in [0.3, 0.4) is 0 Å². The number of hydrazine groups is 1. The van der Waals surface area contributed by atoms with Crippen LogP contribution in [0.15, 0.2) is 60.0 Å². The largest absolute Gasteiger partial charge is 0.497 e. The molecule has 2 N–H and O–H groups in total. The van der Waals surface area contributed by atoms with Crippen LogP contribution in [-0.4, -0.2) is 38.8 Å². The molecule has 0 heterocycles. The van der Waals surface area contributed by atoms with E-state index in [1.54, 1.807) is 45.2 Å². The summed E-state index contributed by atoms with van der Waals surface area (Å²) in [5.74, 6) is 0.196. The number of amides is 1. The average molecular weight is 404 g/mol. The van der Waals surface area contributed by atoms with Gasteiger partial charge < -0.3 is 4.74 Å². The summed E-state index contributed by atoms with van der Waals surface area (Å²) >= 11 is 0. The molecular weight excluding hydrogens is 378 g/mol. The zero-order chi connectivity index (χ0) is 20.7. The minimum absolute atomic E-state index is 0.0791. The first kappa shape index (κ1) is 21.5. The molecule has 0 fully saturated rings. The van der Waals surface area contributed by atoms with E-state index in [0.717, 1.165) is 5.56 Å². The quantitative estimate of drug-likeness (QED) is 0.629. The number of carbonyl (C=O) groups excluding carboxylic acids is 1. The Bertz CT molecular complexity index is 953. The first-order valence-corrected chi connectivity index (χ1v) is 10.3. The van der Waals surface area contributed by atoms with Crippen molar-refractivity contribution in [2.24, 2.45) is 0 Å². The number of nitrogens with one attached hydrogen (secondary N) is 2. The molecule has 0 spiro atoms. The van der Waals surface area contributed by atoms with Gasteiger partial charge in [-0.2, -0.15) is 4.31 Å². The highest BCUT2D eigenvalue weighted by molar-refractivity contribution is 7.89. The number of sulfonamides is 1. The number of hydrogen-bond donors (Lipinski definition) is 2. The zero-order valence-corrected chi connectivity index (χ0v) is 17.0. The van der Waals surface area contributed by atoms with E-state index in [9.17, 15) is 13.2 Å². The lowest BCUT2D eigenvalue weighted by Gasteiger charge is -2.18. The second kappa shape index (κ2) is 9.38. The van der Waals surface area contributed by atoms with Gasteiger partial charge in [0.25, 0.3) is 5.91 Å². The Kier molecular flexibility index (Phi) is 7.19. The van der Waals surface area contributed by atoms with Crippen molar-refractivity contribution in [3.8, 4) is 5.75 Å². The van der Waals surface area contributed by atoms with Gasteiger partial charge in [-0.15, -0.1) is 0 Å². The van der Waals surface area contributed by atoms with Crippen molar-refractivity contribution in [3.63, 3.8) is 0 Å². The molecule has 2 aromatic rings. The van der Waals surface area contributed by atoms with Gasteiger partial charge in [0.05, 0.1) is 17.7 Å². The summed E-state index contributed by atoms with van der Waals surface area (Å²) in [7, 11) is -2.07. The van der Waals surface area contributed by atoms with Crippen LogP contribution in [0.25, 0.3) is 5.70 Å². The van der Waals surface area contributed by atoms with E-state index in [1.165, 1.54) is 16.4 Å². The lowest BCUT2D eigenvalue weighted by Crippen LogP contribution is -2.36. The molecule has 0 aliphatic carbocycles. The normalized spacial score (nSPS) is 11.1. The molecule has 2 aromatic carbocycles. The topological polar surface area (TPSA) is 87.7 Å². The molecular formula is C20H25N3O4S. The van der Waals surface area contributed by atoms with Crippen molar-refractivity contribution in [2.75, 3.05) is 20.2 Å². The SMILES string of the molecule is C=C(NNC(=O)c1cccc(S(=O)(=O)N(CC)CC)c1)c1cccc(OC)c1. The molecule has 0 unspecified atom stereocenters. The molecule has 8 heteroatoms. The van der Waals surface area contributed by atoms with Gasteiger partial charge in [0.1, 0.15) is 5.75 Å². The van der Waals surface area contributed by atoms with Crippen LogP contribution in [0.2, 0.25) is 0 Å². The Balaban J connectivity index is 2.12. The Labute approximate surface area is 166 Å². The lowest BCUT2D eigenvalue weighted by atomic mass is 10.2. The first-order valence-electron chi connectivity index (χ1n) is 8.83. The molecule has 1 amide bonds. The third kappa shape index (κ3) is 4.90. The van der Waals surface area contributed by atoms with Crippen LogP contribution >= 0.6 is 0 Å². The minimum atomic E-state index is -3.64. The third-order valence-corrected chi connectivity index (χ3v) is 6.23. The maximum absolute atomic E-state index is 12.6. The maximum Gasteiger partial charge on any atom is 0.269 e. The number of hydrogen-bond acceptors (Lipinski definition) is 5. The van der Waals surface area contributed by atoms with Crippen molar-refractivity contribution in [3.05, 3.63) is 66.2 Å². The molecule has 0 atom stereocenters. The van der Waals surface area contributed by atoms with E-state index in [-0.39, 0.29) is 10.5 Å². The van der Waals surface area contributed by atoms with E-state index in [2.05, 4.69) is 17.4 Å². The summed E-state index contributed by atoms with van der Waals surface area (Å²) in [6.07, 6.45) is 0. The van der Waals surface area contributed by atoms with Crippen molar-refractivity contribution >= 4 is 21.6 Å². The van der Waals surface area contributed by atoms with Crippen molar-refractivity contribution in [2.45, 2.75) is 18.7 Å². The van der Waals surface area contributed by atoms with Gasteiger partial charge in [-0.05, 0) is 30.3 Å². The average Bonchev–Trinajstić information content (AvgIpc) is 2.72. The molecule has 0 aliphatic rings. The Morgan fingerprint density at radius 1 is 1.04 bits per heavy atom. The molecule has 0 radical (unpaired) electrons. The van der Waals surface area contributed by atoms with Gasteiger partial charge in [-0.3, -0.25) is 15.6 Å². The molecule has 0 bridgehead atoms. The van der Waals surface area contributed by atoms with Crippen LogP contribution in [0.5, 0.6) is 5.75 Å². The minimum Gasteiger partial charge on any atom is -0.497 e. The fourth-order valence-electron chi connectivity index (χ4n) is 2.60. The Hall–Kier alpha value is -2.84. The van der Waals surface area contributed by atoms with Gasteiger partial charge in [0, 0.05) is 24.2 Å². The van der Waals surface area contributed by atoms with Crippen molar-refractivity contribution in [1.82, 2.24) is 15.2 Å². The van der Waals surface area contributed by atoms with E-state index in [0.29, 0.717) is 24.5 Å². The summed E-state index contributed by atoms with van der Waals surface area (Å²) in [5.41, 5.74) is 6.72. The highest BCUT2D eigenvalue weighted by Crippen LogP contribution is 2.18. The number of ether oxygens (including phenoxy) is 1. The molecule has 150 valence electrons. The predicted octanol–water partition coefficient (Wildman–Crippen LogP) is 2.63. The van der Waals surface area contributed by atoms with E-state index in [4.69, 9.17) is 4.74 Å². The third-order valence-electron chi connectivity index (χ3n) is 4.18. The monoisotopic (exact) mass is 403 g/mol. The molecule has 2 rings (SSSR count). The second-order valence-electron chi connectivity index (χ2n) is 5.91. The highest BCUT2D eigenvalue weighted by Gasteiger charge is 2.22. The van der Waals surface area contributed by atoms with Crippen LogP contribution in [0.4, 0.5) is 0 Å². The van der Waals surface area contributed by atoms with Crippen LogP contribution in [0, 0.1) is 0 Å². The van der Waals surface area contributed by atoms with Crippen LogP contribution in [-0.2, 0) is 10.0 Å². The zero-order valence-electron chi connectivity index (χ0n) is 16.2. The predicted molar refractivity (Wildman–Crippen MR) is 109 cm³/mol. The molecule has 0 saturated heterocycles. The standard InChI is InChI=1S/C20H25N3O4S/c1-5-23(6-2)28(25,26)19-12-8-10-17(14-19)20(24)22-21-15(3)16-9-7-11-18(13-16)27-4/h7-14,21H,3,5-6H2,1-2,4H3,(H,22,24). The summed E-state index contributed by atoms with van der Waals surface area (Å²) in [4.78, 5) is 12.5. The molecule has 0 aliphatic heterocycles. The highest BCUT2D eigenvalue weighted by atomic mass is 32.2. The second-order valence-corrected chi connectivity index (χ2v) is 7.84. The van der Waals surface area contributed by atoms with Gasteiger partial charge in [0.15, 0.2) is 0 Å². The number of nitrogens with zero attached hydrogens (tertiary/aromatic N) is 1. The van der Waals surface area contributed by atoms with Gasteiger partial charge in [0.2, 0.25) is 10.0 Å². The summed E-state index contributed by atoms with van der Waals surface area (Å²) in [5, 5.41) is 0. The van der Waals surface area contributed by atoms with E-state index < -0.39 is 15.9 Å². The van der Waals surface area contributed by atoms with Crippen molar-refractivity contribution < 1.29 is 17.9 Å². The van der Waals surface area contributed by atoms with E-state index >= 15 is 0 Å². The number of rotatable bonds is 9. The number of methoxy groups -OCH3 is 1. The summed E-state index contributed by atoms with van der Waals surface area (Å²) < 4.78 is 31.8. The fourth-order valence-corrected chi connectivity index (χ4v) is 4.10. The lowest BCUT2D eigenvalue weighted by molar-refractivity contribution is 0.0942. The molecule has 7 nitrogen and oxygen atoms in total. The molecule has 0 aromatic heterocycles. The number of benzene rings is 2. The fraction of sp³-hybridized carbons (Fsp3) is 0.250. The van der Waals surface area contributed by atoms with Gasteiger partial charge in [-0.1, -0.05) is 38.6 Å². The van der Waals surface area contributed by atoms with Crippen LogP contribution in [0.1, 0.15) is 29.8 Å². The molecule has 0 saturated carbocycles. The van der Waals surface area contributed by atoms with Gasteiger partial charge >= 0.3 is 0 Å². The Morgan fingerprint density at radius 3 is 2.32 bits per heavy atom. The first-order chi connectivity index (χ1) is 13.3. The Morgan fingerprint density at radius 2 is 1.68 bits per heavy atom. The van der Waals surface area contributed by atoms with Crippen molar-refractivity contribution in [1.29, 1.82) is 0 Å². The van der Waals surface area contributed by atoms with E-state index in [1.807, 2.05) is 12.1 Å². The number of carbonyl (C=O) groups is 1. The summed E-state index contributed by atoms with van der Waals surface area (Å²) in [6.45, 7) is 8.14. The maximum atomic E-state index is 12.6. The van der Waals surface area contributed by atoms with Crippen LogP contribution < -0.4 is 15.6 Å². The smallest absolute Gasteiger partial charge is 0.269 e. The summed E-state index contributed by atoms with van der Waals surface area (Å²) in [6, 6.07) is 13.1.